The van der Waals surface area contributed by atoms with E-state index in [1.54, 1.807) is 0 Å². The summed E-state index contributed by atoms with van der Waals surface area (Å²) < 4.78 is -17.8. The van der Waals surface area contributed by atoms with Crippen LogP contribution in [0.15, 0.2) is 0 Å². The average molecular weight is 833 g/mol. The predicted molar refractivity (Wildman–Crippen MR) is 150 cm³/mol. The molecule has 208 valence electrons. The molecule has 0 aromatic heterocycles. The number of alkyl halides is 16. The zero-order valence-electron chi connectivity index (χ0n) is 16.1. The van der Waals surface area contributed by atoms with Gasteiger partial charge in [0.1, 0.15) is 9.75 Å². The van der Waals surface area contributed by atoms with Gasteiger partial charge in [-0.05, 0) is 0 Å². The van der Waals surface area contributed by atoms with Crippen molar-refractivity contribution in [3.63, 3.8) is 0 Å². The average Bonchev–Trinajstić information content (AvgIpc) is 2.67. The smallest absolute Gasteiger partial charge is 0.331 e. The molecule has 0 heterocycles. The minimum Gasteiger partial charge on any atom is -0.480 e. The summed E-state index contributed by atoms with van der Waals surface area (Å²) in [7, 11) is 0. The zero-order chi connectivity index (χ0) is 29.1. The first-order valence-corrected chi connectivity index (χ1v) is 14.5. The standard InChI is InChI=1S/C15H6Cl16O5/c16-6(1-8(18,19)14(28,29)10(22,4(33)34)12(6,24)25)3(32)7(17)2-9(20,21)15(30,31)11(23,5(35)36)13(7,26)27/h1-2H2,(H,33,34)(H,35,36). The van der Waals surface area contributed by atoms with Gasteiger partial charge in [0.25, 0.3) is 0 Å². The molecule has 0 aliphatic heterocycles. The normalized spacial score (nSPS) is 41.8. The second-order valence-electron chi connectivity index (χ2n) is 7.92. The Morgan fingerprint density at radius 1 is 0.444 bits per heavy atom. The van der Waals surface area contributed by atoms with E-state index < -0.39 is 76.1 Å². The summed E-state index contributed by atoms with van der Waals surface area (Å²) >= 11 is 100. The van der Waals surface area contributed by atoms with Crippen LogP contribution in [0.5, 0.6) is 0 Å². The summed E-state index contributed by atoms with van der Waals surface area (Å²) in [6, 6.07) is 0. The maximum Gasteiger partial charge on any atom is 0.331 e. The fraction of sp³-hybridized carbons (Fsp3) is 0.800. The molecule has 2 aliphatic carbocycles. The van der Waals surface area contributed by atoms with Crippen LogP contribution >= 0.6 is 186 Å². The van der Waals surface area contributed by atoms with Gasteiger partial charge in [-0.1, -0.05) is 162 Å². The molecule has 36 heavy (non-hydrogen) atoms. The lowest BCUT2D eigenvalue weighted by Crippen LogP contribution is -2.83. The molecular weight excluding hydrogens is 827 g/mol. The third-order valence-electron chi connectivity index (χ3n) is 5.89. The highest BCUT2D eigenvalue weighted by atomic mass is 35.6. The van der Waals surface area contributed by atoms with E-state index in [1.807, 2.05) is 0 Å². The lowest BCUT2D eigenvalue weighted by Gasteiger charge is -2.62. The van der Waals surface area contributed by atoms with Gasteiger partial charge >= 0.3 is 11.9 Å². The third kappa shape index (κ3) is 3.95. The molecule has 2 aliphatic rings. The van der Waals surface area contributed by atoms with Crippen LogP contribution in [0.3, 0.4) is 0 Å². The molecule has 21 heteroatoms. The van der Waals surface area contributed by atoms with Crippen LogP contribution in [0, 0.1) is 0 Å². The first-order chi connectivity index (χ1) is 15.5. The van der Waals surface area contributed by atoms with Gasteiger partial charge in [-0.15, -0.1) is 23.2 Å². The molecule has 0 aromatic rings. The van der Waals surface area contributed by atoms with Crippen molar-refractivity contribution in [2.75, 3.05) is 0 Å². The highest BCUT2D eigenvalue weighted by Crippen LogP contribution is 2.75. The second-order valence-corrected chi connectivity index (χ2v) is 18.6. The van der Waals surface area contributed by atoms with E-state index in [2.05, 4.69) is 0 Å². The van der Waals surface area contributed by atoms with E-state index in [4.69, 9.17) is 186 Å². The number of carbonyl (C=O) groups excluding carboxylic acids is 1. The highest BCUT2D eigenvalue weighted by molar-refractivity contribution is 6.76. The predicted octanol–water partition coefficient (Wildman–Crippen LogP) is 8.49. The largest absolute Gasteiger partial charge is 0.480 e. The summed E-state index contributed by atoms with van der Waals surface area (Å²) in [5.41, 5.74) is 0. The van der Waals surface area contributed by atoms with Crippen molar-refractivity contribution in [1.29, 1.82) is 0 Å². The van der Waals surface area contributed by atoms with Crippen LogP contribution in [0.2, 0.25) is 0 Å². The number of hydrogen-bond donors (Lipinski definition) is 2. The Bertz CT molecular complexity index is 949. The Hall–Kier alpha value is 3.25. The molecule has 0 spiro atoms. The Morgan fingerprint density at radius 3 is 0.861 bits per heavy atom. The van der Waals surface area contributed by atoms with E-state index in [-0.39, 0.29) is 0 Å². The summed E-state index contributed by atoms with van der Waals surface area (Å²) in [6.07, 6.45) is -2.37. The lowest BCUT2D eigenvalue weighted by molar-refractivity contribution is -0.143. The minimum atomic E-state index is -3.36. The molecule has 4 unspecified atom stereocenters. The van der Waals surface area contributed by atoms with Crippen molar-refractivity contribution in [1.82, 2.24) is 0 Å². The maximum atomic E-state index is 14.1. The van der Waals surface area contributed by atoms with Crippen molar-refractivity contribution in [3.8, 4) is 0 Å². The van der Waals surface area contributed by atoms with E-state index in [9.17, 15) is 24.6 Å². The number of Topliss-reactive ketones (excluding diaryl/α,β-unsaturated/α-hetero) is 1. The van der Waals surface area contributed by atoms with Crippen LogP contribution in [0.1, 0.15) is 12.8 Å². The molecule has 5 nitrogen and oxygen atoms in total. The molecule has 4 atom stereocenters. The van der Waals surface area contributed by atoms with Gasteiger partial charge in [0.2, 0.25) is 9.75 Å². The van der Waals surface area contributed by atoms with Crippen LogP contribution in [0.4, 0.5) is 0 Å². The Balaban J connectivity index is 2.97. The Kier molecular flexibility index (Phi) is 9.48. The molecule has 0 radical (unpaired) electrons. The van der Waals surface area contributed by atoms with Crippen molar-refractivity contribution in [3.05, 3.63) is 0 Å². The molecule has 0 bridgehead atoms. The lowest BCUT2D eigenvalue weighted by atomic mass is 9.67. The van der Waals surface area contributed by atoms with Crippen molar-refractivity contribution in [2.45, 2.75) is 58.3 Å². The van der Waals surface area contributed by atoms with Gasteiger partial charge < -0.3 is 10.2 Å². The third-order valence-corrected chi connectivity index (χ3v) is 17.0. The van der Waals surface area contributed by atoms with Crippen LogP contribution in [-0.4, -0.2) is 73.4 Å². The topological polar surface area (TPSA) is 91.7 Å². The number of carboxylic acids is 2. The van der Waals surface area contributed by atoms with E-state index in [0.29, 0.717) is 0 Å². The van der Waals surface area contributed by atoms with Crippen LogP contribution in [-0.2, 0) is 14.4 Å². The monoisotopic (exact) mass is 826 g/mol. The number of ketones is 1. The summed E-state index contributed by atoms with van der Waals surface area (Å²) in [4.78, 5) is 25.7. The molecule has 0 amide bonds. The van der Waals surface area contributed by atoms with Gasteiger partial charge in [-0.25, -0.2) is 0 Å². The SMILES string of the molecule is O=C(C1(Cl)CC(Cl)(Cl)C(Cl)(Cl)C(Cl)(C(=O)O)C1(Cl)Cl)C1(Cl)CC(Cl)(Cl)C(Cl)(Cl)C(Cl)(C(=O)O)C1(Cl)Cl. The van der Waals surface area contributed by atoms with E-state index >= 15 is 0 Å². The number of aliphatic carboxylic acids is 2. The number of halogens is 16. The summed E-state index contributed by atoms with van der Waals surface area (Å²) in [6.45, 7) is 0. The molecular formula is C15H6Cl16O5. The number of rotatable bonds is 4. The Morgan fingerprint density at radius 2 is 0.667 bits per heavy atom. The highest BCUT2D eigenvalue weighted by Gasteiger charge is 2.89. The van der Waals surface area contributed by atoms with Gasteiger partial charge in [0.15, 0.2) is 31.8 Å². The summed E-state index contributed by atoms with van der Waals surface area (Å²) in [5.74, 6) is -6.02. The van der Waals surface area contributed by atoms with E-state index in [0.717, 1.165) is 0 Å². The van der Waals surface area contributed by atoms with Gasteiger partial charge in [0, 0.05) is 12.8 Å². The van der Waals surface area contributed by atoms with Gasteiger partial charge in [0.05, 0.1) is 0 Å². The van der Waals surface area contributed by atoms with Gasteiger partial charge in [-0.2, -0.15) is 0 Å². The molecule has 2 rings (SSSR count). The molecule has 2 N–H and O–H groups in total. The zero-order valence-corrected chi connectivity index (χ0v) is 28.2. The second kappa shape index (κ2) is 9.63. The molecule has 2 fully saturated rings. The van der Waals surface area contributed by atoms with E-state index in [1.165, 1.54) is 0 Å². The fourth-order valence-electron chi connectivity index (χ4n) is 3.80. The number of carboxylic acid groups (broad SMARTS) is 2. The molecule has 0 saturated heterocycles. The Labute approximate surface area is 283 Å². The molecule has 0 aromatic carbocycles. The maximum absolute atomic E-state index is 14.1. The van der Waals surface area contributed by atoms with Gasteiger partial charge in [-0.3, -0.25) is 14.4 Å². The van der Waals surface area contributed by atoms with Crippen molar-refractivity contribution in [2.24, 2.45) is 0 Å². The quantitative estimate of drug-likeness (QED) is 0.278. The number of carbonyl (C=O) groups is 3. The number of hydrogen-bond acceptors (Lipinski definition) is 3. The first-order valence-electron chi connectivity index (χ1n) is 8.50. The fourth-order valence-corrected chi connectivity index (χ4v) is 10.5. The van der Waals surface area contributed by atoms with Crippen molar-refractivity contribution >= 4 is 203 Å². The van der Waals surface area contributed by atoms with Crippen LogP contribution in [0.25, 0.3) is 0 Å². The summed E-state index contributed by atoms with van der Waals surface area (Å²) in [5, 5.41) is 19.8. The first kappa shape index (κ1) is 35.4. The minimum absolute atomic E-state index is 1.18. The van der Waals surface area contributed by atoms with Crippen molar-refractivity contribution < 1.29 is 24.6 Å². The van der Waals surface area contributed by atoms with Crippen LogP contribution < -0.4 is 0 Å². The molecule has 2 saturated carbocycles.